The molecule has 1 unspecified atom stereocenters. The molecule has 0 rings (SSSR count). The average Bonchev–Trinajstić information content (AvgIpc) is 2.40. The van der Waals surface area contributed by atoms with Gasteiger partial charge in [0.15, 0.2) is 0 Å². The molecule has 0 bridgehead atoms. The van der Waals surface area contributed by atoms with Gasteiger partial charge in [-0.1, -0.05) is 59.8 Å². The topological polar surface area (TPSA) is 35.2 Å². The molecule has 0 saturated carbocycles. The van der Waals surface area contributed by atoms with E-state index < -0.39 is 0 Å². The normalized spacial score (nSPS) is 16.3. The smallest absolute Gasteiger partial charge is 0.0494 e. The van der Waals surface area contributed by atoms with Gasteiger partial charge in [-0.15, -0.1) is 0 Å². The molecule has 0 aromatic carbocycles. The third-order valence-electron chi connectivity index (χ3n) is 4.12. The minimum atomic E-state index is 0.597. The molecule has 3 atom stereocenters. The molecule has 19 heavy (non-hydrogen) atoms. The summed E-state index contributed by atoms with van der Waals surface area (Å²) in [7, 11) is 0. The first-order chi connectivity index (χ1) is 9.15. The molecule has 2 heteroatoms. The maximum Gasteiger partial charge on any atom is 0.0494 e. The molecular weight excluding hydrogens is 234 g/mol. The van der Waals surface area contributed by atoms with Gasteiger partial charge in [-0.2, -0.15) is 0 Å². The Bertz CT molecular complexity index is 184. The van der Waals surface area contributed by atoms with E-state index >= 15 is 0 Å². The van der Waals surface area contributed by atoms with Crippen LogP contribution in [0.2, 0.25) is 0 Å². The van der Waals surface area contributed by atoms with E-state index in [1.165, 1.54) is 44.9 Å². The minimum absolute atomic E-state index is 0.597. The van der Waals surface area contributed by atoms with Gasteiger partial charge in [-0.3, -0.25) is 0 Å². The van der Waals surface area contributed by atoms with E-state index in [-0.39, 0.29) is 0 Å². The van der Waals surface area contributed by atoms with E-state index in [2.05, 4.69) is 27.7 Å². The standard InChI is InChI=1S/C17H37NO/c1-5-7-9-10-15(3)13-19-14-16(4)17(12-18)11-8-6-2/h15-17H,5-14,18H2,1-4H3/t15-,16?,17-/m1/s1. The third kappa shape index (κ3) is 10.4. The van der Waals surface area contributed by atoms with E-state index in [0.717, 1.165) is 19.8 Å². The second kappa shape index (κ2) is 12.9. The number of ether oxygens (including phenoxy) is 1. The first-order valence-electron chi connectivity index (χ1n) is 8.43. The predicted octanol–water partition coefficient (Wildman–Crippen LogP) is 4.62. The zero-order valence-corrected chi connectivity index (χ0v) is 13.8. The summed E-state index contributed by atoms with van der Waals surface area (Å²) in [5.74, 6) is 1.93. The van der Waals surface area contributed by atoms with Gasteiger partial charge >= 0.3 is 0 Å². The highest BCUT2D eigenvalue weighted by molar-refractivity contribution is 4.67. The van der Waals surface area contributed by atoms with Gasteiger partial charge in [0.2, 0.25) is 0 Å². The molecule has 2 nitrogen and oxygen atoms in total. The van der Waals surface area contributed by atoms with Gasteiger partial charge in [0.25, 0.3) is 0 Å². The Kier molecular flexibility index (Phi) is 12.9. The lowest BCUT2D eigenvalue weighted by Gasteiger charge is -2.23. The average molecular weight is 271 g/mol. The van der Waals surface area contributed by atoms with Crippen molar-refractivity contribution in [2.45, 2.75) is 72.6 Å². The van der Waals surface area contributed by atoms with Crippen LogP contribution in [0.15, 0.2) is 0 Å². The maximum atomic E-state index is 5.90. The van der Waals surface area contributed by atoms with Crippen molar-refractivity contribution >= 4 is 0 Å². The van der Waals surface area contributed by atoms with E-state index in [9.17, 15) is 0 Å². The van der Waals surface area contributed by atoms with Crippen molar-refractivity contribution in [2.24, 2.45) is 23.5 Å². The van der Waals surface area contributed by atoms with Crippen LogP contribution in [0, 0.1) is 17.8 Å². The first kappa shape index (κ1) is 18.9. The number of hydrogen-bond donors (Lipinski definition) is 1. The van der Waals surface area contributed by atoms with Crippen LogP contribution in [0.3, 0.4) is 0 Å². The molecule has 0 amide bonds. The molecule has 0 saturated heterocycles. The summed E-state index contributed by atoms with van der Waals surface area (Å²) in [5.41, 5.74) is 5.87. The minimum Gasteiger partial charge on any atom is -0.381 e. The third-order valence-corrected chi connectivity index (χ3v) is 4.12. The van der Waals surface area contributed by atoms with Crippen molar-refractivity contribution < 1.29 is 4.74 Å². The fourth-order valence-electron chi connectivity index (χ4n) is 2.52. The summed E-state index contributed by atoms with van der Waals surface area (Å²) in [6.07, 6.45) is 9.12. The van der Waals surface area contributed by atoms with E-state index in [4.69, 9.17) is 10.5 Å². The van der Waals surface area contributed by atoms with Crippen molar-refractivity contribution in [3.05, 3.63) is 0 Å². The van der Waals surface area contributed by atoms with Crippen LogP contribution in [0.5, 0.6) is 0 Å². The molecule has 0 aliphatic carbocycles. The zero-order chi connectivity index (χ0) is 14.5. The predicted molar refractivity (Wildman–Crippen MR) is 85.4 cm³/mol. The Morgan fingerprint density at radius 1 is 0.895 bits per heavy atom. The lowest BCUT2D eigenvalue weighted by atomic mass is 9.90. The van der Waals surface area contributed by atoms with Crippen LogP contribution in [0.4, 0.5) is 0 Å². The van der Waals surface area contributed by atoms with Crippen molar-refractivity contribution in [1.29, 1.82) is 0 Å². The number of unbranched alkanes of at least 4 members (excludes halogenated alkanes) is 3. The Morgan fingerprint density at radius 2 is 1.58 bits per heavy atom. The molecule has 0 fully saturated rings. The molecule has 0 aliphatic rings. The zero-order valence-electron chi connectivity index (χ0n) is 13.8. The number of rotatable bonds is 13. The Hall–Kier alpha value is -0.0800. The quantitative estimate of drug-likeness (QED) is 0.496. The largest absolute Gasteiger partial charge is 0.381 e. The van der Waals surface area contributed by atoms with Gasteiger partial charge in [-0.25, -0.2) is 0 Å². The monoisotopic (exact) mass is 271 g/mol. The van der Waals surface area contributed by atoms with Crippen molar-refractivity contribution in [3.63, 3.8) is 0 Å². The highest BCUT2D eigenvalue weighted by Gasteiger charge is 2.15. The molecule has 116 valence electrons. The fourth-order valence-corrected chi connectivity index (χ4v) is 2.52. The van der Waals surface area contributed by atoms with E-state index in [1.54, 1.807) is 0 Å². The van der Waals surface area contributed by atoms with Crippen LogP contribution in [-0.2, 0) is 4.74 Å². The van der Waals surface area contributed by atoms with Crippen LogP contribution >= 0.6 is 0 Å². The SMILES string of the molecule is CCCCC[C@@H](C)COCC(C)[C@@H](CN)CCCC. The van der Waals surface area contributed by atoms with E-state index in [0.29, 0.717) is 17.8 Å². The van der Waals surface area contributed by atoms with Gasteiger partial charge in [0, 0.05) is 13.2 Å². The molecular formula is C17H37NO. The lowest BCUT2D eigenvalue weighted by Crippen LogP contribution is -2.25. The summed E-state index contributed by atoms with van der Waals surface area (Å²) < 4.78 is 5.90. The first-order valence-corrected chi connectivity index (χ1v) is 8.43. The van der Waals surface area contributed by atoms with Gasteiger partial charge in [-0.05, 0) is 37.1 Å². The Labute approximate surface area is 121 Å². The molecule has 0 spiro atoms. The highest BCUT2D eigenvalue weighted by Crippen LogP contribution is 2.18. The van der Waals surface area contributed by atoms with Crippen molar-refractivity contribution in [2.75, 3.05) is 19.8 Å². The molecule has 0 aliphatic heterocycles. The van der Waals surface area contributed by atoms with E-state index in [1.807, 2.05) is 0 Å². The molecule has 0 aromatic rings. The summed E-state index contributed by atoms with van der Waals surface area (Å²) in [6, 6.07) is 0. The second-order valence-corrected chi connectivity index (χ2v) is 6.25. The molecule has 0 heterocycles. The molecule has 0 aromatic heterocycles. The van der Waals surface area contributed by atoms with Crippen LogP contribution in [0.1, 0.15) is 72.6 Å². The van der Waals surface area contributed by atoms with Crippen LogP contribution < -0.4 is 5.73 Å². The van der Waals surface area contributed by atoms with Crippen LogP contribution in [-0.4, -0.2) is 19.8 Å². The Balaban J connectivity index is 3.66. The molecule has 2 N–H and O–H groups in total. The summed E-state index contributed by atoms with van der Waals surface area (Å²) in [6.45, 7) is 11.7. The summed E-state index contributed by atoms with van der Waals surface area (Å²) >= 11 is 0. The number of hydrogen-bond acceptors (Lipinski definition) is 2. The fraction of sp³-hybridized carbons (Fsp3) is 1.00. The van der Waals surface area contributed by atoms with Crippen molar-refractivity contribution in [3.8, 4) is 0 Å². The maximum absolute atomic E-state index is 5.90. The van der Waals surface area contributed by atoms with Gasteiger partial charge in [0.1, 0.15) is 0 Å². The molecule has 0 radical (unpaired) electrons. The highest BCUT2D eigenvalue weighted by atomic mass is 16.5. The second-order valence-electron chi connectivity index (χ2n) is 6.25. The van der Waals surface area contributed by atoms with Crippen molar-refractivity contribution in [1.82, 2.24) is 0 Å². The van der Waals surface area contributed by atoms with Crippen LogP contribution in [0.25, 0.3) is 0 Å². The number of nitrogens with two attached hydrogens (primary N) is 1. The summed E-state index contributed by atoms with van der Waals surface area (Å²) in [5, 5.41) is 0. The Morgan fingerprint density at radius 3 is 2.16 bits per heavy atom. The van der Waals surface area contributed by atoms with Gasteiger partial charge in [0.05, 0.1) is 0 Å². The van der Waals surface area contributed by atoms with Gasteiger partial charge < -0.3 is 10.5 Å². The summed E-state index contributed by atoms with van der Waals surface area (Å²) in [4.78, 5) is 0. The lowest BCUT2D eigenvalue weighted by molar-refractivity contribution is 0.0596.